The van der Waals surface area contributed by atoms with Gasteiger partial charge in [0.2, 0.25) is 5.91 Å². The van der Waals surface area contributed by atoms with Crippen LogP contribution in [-0.2, 0) is 21.5 Å². The van der Waals surface area contributed by atoms with Crippen molar-refractivity contribution in [3.05, 3.63) is 65.0 Å². The Morgan fingerprint density at radius 2 is 1.70 bits per heavy atom. The van der Waals surface area contributed by atoms with Crippen molar-refractivity contribution in [1.29, 1.82) is 0 Å². The molecule has 0 fully saturated rings. The summed E-state index contributed by atoms with van der Waals surface area (Å²) in [6, 6.07) is 11.2. The molecular formula is C19H24FN3O3S. The van der Waals surface area contributed by atoms with E-state index >= 15 is 0 Å². The van der Waals surface area contributed by atoms with Gasteiger partial charge in [-0.2, -0.15) is 12.7 Å². The number of hydrogen-bond acceptors (Lipinski definition) is 3. The number of rotatable bonds is 7. The Hall–Kier alpha value is -2.45. The molecule has 1 amide bonds. The number of amides is 1. The molecule has 146 valence electrons. The first-order valence-electron chi connectivity index (χ1n) is 8.40. The van der Waals surface area contributed by atoms with Gasteiger partial charge in [0.05, 0.1) is 5.69 Å². The van der Waals surface area contributed by atoms with Crippen LogP contribution < -0.4 is 9.62 Å². The molecular weight excluding hydrogens is 369 g/mol. The number of halogens is 1. The molecule has 2 rings (SSSR count). The minimum Gasteiger partial charge on any atom is -0.350 e. The van der Waals surface area contributed by atoms with Crippen LogP contribution in [0.25, 0.3) is 0 Å². The molecule has 0 bridgehead atoms. The van der Waals surface area contributed by atoms with Gasteiger partial charge in [0.15, 0.2) is 0 Å². The summed E-state index contributed by atoms with van der Waals surface area (Å²) < 4.78 is 40.7. The fourth-order valence-electron chi connectivity index (χ4n) is 2.47. The maximum Gasteiger partial charge on any atom is 0.304 e. The van der Waals surface area contributed by atoms with E-state index in [0.29, 0.717) is 5.69 Å². The summed E-state index contributed by atoms with van der Waals surface area (Å²) in [4.78, 5) is 12.4. The Morgan fingerprint density at radius 1 is 1.07 bits per heavy atom. The predicted molar refractivity (Wildman–Crippen MR) is 104 cm³/mol. The second-order valence-corrected chi connectivity index (χ2v) is 8.56. The van der Waals surface area contributed by atoms with Gasteiger partial charge in [-0.05, 0) is 48.7 Å². The highest BCUT2D eigenvalue weighted by molar-refractivity contribution is 7.90. The second-order valence-electron chi connectivity index (χ2n) is 6.49. The Bertz CT molecular complexity index is 912. The first-order valence-corrected chi connectivity index (χ1v) is 9.79. The summed E-state index contributed by atoms with van der Waals surface area (Å²) in [6.45, 7) is 3.48. The van der Waals surface area contributed by atoms with Crippen LogP contribution in [0.3, 0.4) is 0 Å². The average Bonchev–Trinajstić information content (AvgIpc) is 2.61. The second kappa shape index (κ2) is 8.49. The first-order chi connectivity index (χ1) is 12.6. The summed E-state index contributed by atoms with van der Waals surface area (Å²) in [6.07, 6.45) is 0. The number of carbonyl (C=O) groups is 1. The molecule has 6 nitrogen and oxygen atoms in total. The molecule has 27 heavy (non-hydrogen) atoms. The summed E-state index contributed by atoms with van der Waals surface area (Å²) in [5.41, 5.74) is 2.82. The molecule has 0 saturated heterocycles. The molecule has 0 aliphatic heterocycles. The number of benzene rings is 2. The molecule has 1 N–H and O–H groups in total. The molecule has 0 heterocycles. The van der Waals surface area contributed by atoms with Crippen LogP contribution in [-0.4, -0.2) is 39.3 Å². The van der Waals surface area contributed by atoms with E-state index in [1.165, 1.54) is 26.2 Å². The average molecular weight is 393 g/mol. The number of anilines is 1. The van der Waals surface area contributed by atoms with Crippen molar-refractivity contribution in [3.8, 4) is 0 Å². The molecule has 0 aliphatic rings. The van der Waals surface area contributed by atoms with Crippen LogP contribution >= 0.6 is 0 Å². The molecule has 0 unspecified atom stereocenters. The summed E-state index contributed by atoms with van der Waals surface area (Å²) in [5, 5.41) is 2.68. The fraction of sp³-hybridized carbons (Fsp3) is 0.316. The molecule has 8 heteroatoms. The van der Waals surface area contributed by atoms with Gasteiger partial charge in [0.25, 0.3) is 0 Å². The lowest BCUT2D eigenvalue weighted by Gasteiger charge is -2.28. The predicted octanol–water partition coefficient (Wildman–Crippen LogP) is 2.37. The van der Waals surface area contributed by atoms with E-state index in [0.717, 1.165) is 25.3 Å². The highest BCUT2D eigenvalue weighted by Gasteiger charge is 2.28. The van der Waals surface area contributed by atoms with Crippen LogP contribution in [0.1, 0.15) is 16.7 Å². The maximum atomic E-state index is 13.0. The standard InChI is InChI=1S/C19H24FN3O3S/c1-14-5-6-15(2)18(11-14)23(27(25,26)22(3)4)13-19(24)21-12-16-7-9-17(20)10-8-16/h5-11H,12-13H2,1-4H3,(H,21,24). The number of hydrogen-bond donors (Lipinski definition) is 1. The molecule has 2 aromatic rings. The van der Waals surface area contributed by atoms with Crippen LogP contribution in [0, 0.1) is 19.7 Å². The van der Waals surface area contributed by atoms with Crippen LogP contribution in [0.5, 0.6) is 0 Å². The van der Waals surface area contributed by atoms with Crippen LogP contribution in [0.4, 0.5) is 10.1 Å². The van der Waals surface area contributed by atoms with E-state index < -0.39 is 16.1 Å². The van der Waals surface area contributed by atoms with Crippen molar-refractivity contribution in [3.63, 3.8) is 0 Å². The van der Waals surface area contributed by atoms with Gasteiger partial charge in [-0.1, -0.05) is 24.3 Å². The summed E-state index contributed by atoms with van der Waals surface area (Å²) in [5.74, 6) is -0.811. The van der Waals surface area contributed by atoms with Crippen molar-refractivity contribution in [2.45, 2.75) is 20.4 Å². The van der Waals surface area contributed by atoms with Crippen LogP contribution in [0.2, 0.25) is 0 Å². The lowest BCUT2D eigenvalue weighted by molar-refractivity contribution is -0.119. The summed E-state index contributed by atoms with van der Waals surface area (Å²) >= 11 is 0. The molecule has 2 aromatic carbocycles. The molecule has 0 aromatic heterocycles. The van der Waals surface area contributed by atoms with Gasteiger partial charge in [-0.15, -0.1) is 0 Å². The normalized spacial score (nSPS) is 11.5. The first kappa shape index (κ1) is 20.9. The molecule has 0 spiro atoms. The minimum absolute atomic E-state index is 0.182. The third-order valence-electron chi connectivity index (χ3n) is 4.06. The van der Waals surface area contributed by atoms with Crippen molar-refractivity contribution in [2.75, 3.05) is 24.9 Å². The molecule has 0 radical (unpaired) electrons. The fourth-order valence-corrected chi connectivity index (χ4v) is 3.59. The highest BCUT2D eigenvalue weighted by atomic mass is 32.2. The van der Waals surface area contributed by atoms with Gasteiger partial charge < -0.3 is 5.32 Å². The number of nitrogens with zero attached hydrogens (tertiary/aromatic N) is 2. The van der Waals surface area contributed by atoms with E-state index in [1.807, 2.05) is 19.1 Å². The SMILES string of the molecule is Cc1ccc(C)c(N(CC(=O)NCc2ccc(F)cc2)S(=O)(=O)N(C)C)c1. The van der Waals surface area contributed by atoms with Gasteiger partial charge in [-0.3, -0.25) is 4.79 Å². The third-order valence-corrected chi connectivity index (χ3v) is 5.87. The summed E-state index contributed by atoms with van der Waals surface area (Å²) in [7, 11) is -1.02. The van der Waals surface area contributed by atoms with Gasteiger partial charge in [0.1, 0.15) is 12.4 Å². The largest absolute Gasteiger partial charge is 0.350 e. The number of aryl methyl sites for hydroxylation is 2. The number of carbonyl (C=O) groups excluding carboxylic acids is 1. The zero-order valence-corrected chi connectivity index (χ0v) is 16.7. The third kappa shape index (κ3) is 5.27. The molecule has 0 atom stereocenters. The lowest BCUT2D eigenvalue weighted by atomic mass is 10.1. The Kier molecular flexibility index (Phi) is 6.56. The minimum atomic E-state index is -3.86. The monoisotopic (exact) mass is 393 g/mol. The van der Waals surface area contributed by atoms with E-state index in [2.05, 4.69) is 5.32 Å². The van der Waals surface area contributed by atoms with Crippen molar-refractivity contribution < 1.29 is 17.6 Å². The van der Waals surface area contributed by atoms with Gasteiger partial charge >= 0.3 is 10.2 Å². The van der Waals surface area contributed by atoms with Gasteiger partial charge in [-0.25, -0.2) is 8.70 Å². The van der Waals surface area contributed by atoms with Crippen molar-refractivity contribution >= 4 is 21.8 Å². The van der Waals surface area contributed by atoms with Gasteiger partial charge in [0, 0.05) is 20.6 Å². The van der Waals surface area contributed by atoms with E-state index in [-0.39, 0.29) is 18.9 Å². The smallest absolute Gasteiger partial charge is 0.304 e. The maximum absolute atomic E-state index is 13.0. The van der Waals surface area contributed by atoms with E-state index in [1.54, 1.807) is 25.1 Å². The topological polar surface area (TPSA) is 69.7 Å². The van der Waals surface area contributed by atoms with E-state index in [9.17, 15) is 17.6 Å². The molecule has 0 aliphatic carbocycles. The van der Waals surface area contributed by atoms with Crippen LogP contribution in [0.15, 0.2) is 42.5 Å². The Labute approximate surface area is 159 Å². The lowest BCUT2D eigenvalue weighted by Crippen LogP contribution is -2.46. The molecule has 0 saturated carbocycles. The van der Waals surface area contributed by atoms with E-state index in [4.69, 9.17) is 0 Å². The zero-order valence-electron chi connectivity index (χ0n) is 15.9. The number of nitrogens with one attached hydrogen (secondary N) is 1. The van der Waals surface area contributed by atoms with Crippen molar-refractivity contribution in [1.82, 2.24) is 9.62 Å². The zero-order chi connectivity index (χ0) is 20.2. The quantitative estimate of drug-likeness (QED) is 0.785. The van der Waals surface area contributed by atoms with Crippen molar-refractivity contribution in [2.24, 2.45) is 0 Å². The Morgan fingerprint density at radius 3 is 2.30 bits per heavy atom. The Balaban J connectivity index is 2.22. The highest BCUT2D eigenvalue weighted by Crippen LogP contribution is 2.25.